The monoisotopic (exact) mass is 350 g/mol. The van der Waals surface area contributed by atoms with Crippen LogP contribution in [0.15, 0.2) is 24.8 Å². The highest BCUT2D eigenvalue weighted by Gasteiger charge is 2.25. The van der Waals surface area contributed by atoms with Crippen molar-refractivity contribution in [3.8, 4) is 17.5 Å². The Hall–Kier alpha value is -3.41. The largest absolute Gasteiger partial charge is 0.379 e. The molecule has 3 aromatic heterocycles. The molecule has 132 valence electrons. The number of nitrogens with one attached hydrogen (secondary N) is 3. The molecule has 0 bridgehead atoms. The Bertz CT molecular complexity index is 955. The molecule has 9 nitrogen and oxygen atoms in total. The van der Waals surface area contributed by atoms with Crippen LogP contribution in [0.3, 0.4) is 0 Å². The molecule has 1 atom stereocenters. The summed E-state index contributed by atoms with van der Waals surface area (Å²) >= 11 is 0. The topological polar surface area (TPSA) is 126 Å². The van der Waals surface area contributed by atoms with Gasteiger partial charge in [-0.3, -0.25) is 9.89 Å². The molecule has 4 rings (SSSR count). The third-order valence-electron chi connectivity index (χ3n) is 4.61. The summed E-state index contributed by atoms with van der Waals surface area (Å²) in [5, 5.41) is 20.1. The van der Waals surface area contributed by atoms with Gasteiger partial charge in [-0.2, -0.15) is 10.4 Å². The minimum atomic E-state index is -0.115. The normalized spacial score (nSPS) is 17.2. The number of H-pyrrole nitrogens is 2. The molecule has 1 aliphatic rings. The Morgan fingerprint density at radius 2 is 2.38 bits per heavy atom. The van der Waals surface area contributed by atoms with E-state index in [1.54, 1.807) is 11.1 Å². The van der Waals surface area contributed by atoms with E-state index in [1.165, 1.54) is 6.33 Å². The van der Waals surface area contributed by atoms with Gasteiger partial charge in [0.05, 0.1) is 17.3 Å². The molecule has 0 radical (unpaired) electrons. The van der Waals surface area contributed by atoms with Crippen molar-refractivity contribution < 1.29 is 4.79 Å². The highest BCUT2D eigenvalue weighted by molar-refractivity contribution is 5.97. The molecule has 0 spiro atoms. The van der Waals surface area contributed by atoms with E-state index in [1.807, 2.05) is 18.3 Å². The summed E-state index contributed by atoms with van der Waals surface area (Å²) in [5.41, 5.74) is 2.52. The van der Waals surface area contributed by atoms with Crippen molar-refractivity contribution in [2.45, 2.75) is 25.3 Å². The van der Waals surface area contributed by atoms with Gasteiger partial charge in [0.25, 0.3) is 0 Å². The molecular formula is C17H18N8O. The third kappa shape index (κ3) is 2.97. The second kappa shape index (κ2) is 6.84. The maximum Gasteiger partial charge on any atom is 0.236 e. The molecule has 0 saturated carbocycles. The fourth-order valence-corrected chi connectivity index (χ4v) is 3.38. The Morgan fingerprint density at radius 3 is 3.19 bits per heavy atom. The fraction of sp³-hybridized carbons (Fsp3) is 0.353. The number of likely N-dealkylation sites (tertiary alicyclic amines) is 1. The van der Waals surface area contributed by atoms with E-state index in [-0.39, 0.29) is 18.4 Å². The number of nitriles is 1. The maximum atomic E-state index is 12.1. The number of piperidine rings is 1. The molecule has 3 aromatic rings. The lowest BCUT2D eigenvalue weighted by molar-refractivity contribution is -0.131. The van der Waals surface area contributed by atoms with Gasteiger partial charge in [0, 0.05) is 36.9 Å². The standard InChI is InChI=1S/C17H18N8O/c18-5-3-14(26)25-7-1-2-11(9-25)23-15-12-4-6-19-16(12)20-8-13(15)17-21-10-22-24-17/h4,6,8,10-11H,1-3,7,9H2,(H2,19,20,23)(H,21,22,24). The lowest BCUT2D eigenvalue weighted by Crippen LogP contribution is -2.45. The van der Waals surface area contributed by atoms with Crippen molar-refractivity contribution >= 4 is 22.6 Å². The van der Waals surface area contributed by atoms with E-state index in [4.69, 9.17) is 5.26 Å². The third-order valence-corrected chi connectivity index (χ3v) is 4.61. The first kappa shape index (κ1) is 16.1. The zero-order valence-corrected chi connectivity index (χ0v) is 14.1. The summed E-state index contributed by atoms with van der Waals surface area (Å²) in [6, 6.07) is 3.99. The van der Waals surface area contributed by atoms with Gasteiger partial charge < -0.3 is 15.2 Å². The number of amides is 1. The molecule has 4 heterocycles. The van der Waals surface area contributed by atoms with Crippen molar-refractivity contribution in [1.29, 1.82) is 5.26 Å². The van der Waals surface area contributed by atoms with Gasteiger partial charge in [-0.25, -0.2) is 9.97 Å². The first-order valence-electron chi connectivity index (χ1n) is 8.49. The fourth-order valence-electron chi connectivity index (χ4n) is 3.38. The number of rotatable bonds is 4. The summed E-state index contributed by atoms with van der Waals surface area (Å²) in [7, 11) is 0. The van der Waals surface area contributed by atoms with E-state index in [2.05, 4.69) is 30.5 Å². The molecule has 1 fully saturated rings. The molecule has 0 aliphatic carbocycles. The van der Waals surface area contributed by atoms with Crippen molar-refractivity contribution in [1.82, 2.24) is 30.0 Å². The zero-order valence-electron chi connectivity index (χ0n) is 14.1. The van der Waals surface area contributed by atoms with Gasteiger partial charge in [-0.05, 0) is 18.9 Å². The summed E-state index contributed by atoms with van der Waals surface area (Å²) in [4.78, 5) is 25.6. The van der Waals surface area contributed by atoms with Crippen LogP contribution in [0.2, 0.25) is 0 Å². The number of carbonyl (C=O) groups excluding carboxylic acids is 1. The SMILES string of the molecule is N#CCC(=O)N1CCCC(Nc2c(-c3ncn[nH]3)cnc3[nH]ccc23)C1. The summed E-state index contributed by atoms with van der Waals surface area (Å²) in [6.45, 7) is 1.27. The maximum absolute atomic E-state index is 12.1. The van der Waals surface area contributed by atoms with Crippen LogP contribution in [0, 0.1) is 11.3 Å². The highest BCUT2D eigenvalue weighted by Crippen LogP contribution is 2.32. The van der Waals surface area contributed by atoms with E-state index >= 15 is 0 Å². The van der Waals surface area contributed by atoms with Crippen molar-refractivity contribution in [2.75, 3.05) is 18.4 Å². The Morgan fingerprint density at radius 1 is 1.46 bits per heavy atom. The van der Waals surface area contributed by atoms with Crippen LogP contribution < -0.4 is 5.32 Å². The van der Waals surface area contributed by atoms with E-state index in [0.29, 0.717) is 18.9 Å². The second-order valence-electron chi connectivity index (χ2n) is 6.28. The quantitative estimate of drug-likeness (QED) is 0.657. The van der Waals surface area contributed by atoms with Crippen molar-refractivity contribution in [3.63, 3.8) is 0 Å². The van der Waals surface area contributed by atoms with Crippen LogP contribution in [-0.4, -0.2) is 55.1 Å². The van der Waals surface area contributed by atoms with Gasteiger partial charge in [-0.1, -0.05) is 0 Å². The van der Waals surface area contributed by atoms with Crippen LogP contribution in [-0.2, 0) is 4.79 Å². The number of carbonyl (C=O) groups is 1. The lowest BCUT2D eigenvalue weighted by atomic mass is 10.0. The molecule has 1 saturated heterocycles. The number of fused-ring (bicyclic) bond motifs is 1. The van der Waals surface area contributed by atoms with Crippen molar-refractivity contribution in [3.05, 3.63) is 24.8 Å². The van der Waals surface area contributed by atoms with E-state index in [0.717, 1.165) is 35.1 Å². The van der Waals surface area contributed by atoms with Crippen LogP contribution in [0.4, 0.5) is 5.69 Å². The summed E-state index contributed by atoms with van der Waals surface area (Å²) in [6.07, 6.45) is 6.82. The Labute approximate surface area is 149 Å². The molecule has 1 amide bonds. The average Bonchev–Trinajstić information content (AvgIpc) is 3.34. The van der Waals surface area contributed by atoms with E-state index in [9.17, 15) is 4.79 Å². The number of nitrogens with zero attached hydrogens (tertiary/aromatic N) is 5. The van der Waals surface area contributed by atoms with Crippen LogP contribution >= 0.6 is 0 Å². The van der Waals surface area contributed by atoms with Gasteiger partial charge in [0.1, 0.15) is 18.4 Å². The minimum Gasteiger partial charge on any atom is -0.379 e. The summed E-state index contributed by atoms with van der Waals surface area (Å²) in [5.74, 6) is 0.521. The lowest BCUT2D eigenvalue weighted by Gasteiger charge is -2.33. The Balaban J connectivity index is 1.64. The number of aromatic nitrogens is 5. The molecule has 1 aliphatic heterocycles. The number of aromatic amines is 2. The molecular weight excluding hydrogens is 332 g/mol. The molecule has 1 unspecified atom stereocenters. The highest BCUT2D eigenvalue weighted by atomic mass is 16.2. The minimum absolute atomic E-state index is 0.0760. The van der Waals surface area contributed by atoms with Gasteiger partial charge >= 0.3 is 0 Å². The number of pyridine rings is 1. The molecule has 3 N–H and O–H groups in total. The molecule has 9 heteroatoms. The van der Waals surface area contributed by atoms with Gasteiger partial charge in [0.15, 0.2) is 5.82 Å². The predicted molar refractivity (Wildman–Crippen MR) is 94.9 cm³/mol. The number of hydrogen-bond acceptors (Lipinski definition) is 6. The molecule has 26 heavy (non-hydrogen) atoms. The summed E-state index contributed by atoms with van der Waals surface area (Å²) < 4.78 is 0. The molecule has 0 aromatic carbocycles. The number of hydrogen-bond donors (Lipinski definition) is 3. The number of anilines is 1. The Kier molecular flexibility index (Phi) is 4.23. The first-order chi connectivity index (χ1) is 12.8. The van der Waals surface area contributed by atoms with Crippen molar-refractivity contribution in [2.24, 2.45) is 0 Å². The van der Waals surface area contributed by atoms with Gasteiger partial charge in [-0.15, -0.1) is 0 Å². The zero-order chi connectivity index (χ0) is 17.9. The predicted octanol–water partition coefficient (Wildman–Crippen LogP) is 1.66. The average molecular weight is 350 g/mol. The van der Waals surface area contributed by atoms with E-state index < -0.39 is 0 Å². The van der Waals surface area contributed by atoms with Crippen LogP contribution in [0.5, 0.6) is 0 Å². The van der Waals surface area contributed by atoms with Crippen LogP contribution in [0.1, 0.15) is 19.3 Å². The van der Waals surface area contributed by atoms with Crippen LogP contribution in [0.25, 0.3) is 22.4 Å². The second-order valence-corrected chi connectivity index (χ2v) is 6.28. The smallest absolute Gasteiger partial charge is 0.236 e. The first-order valence-corrected chi connectivity index (χ1v) is 8.49. The van der Waals surface area contributed by atoms with Gasteiger partial charge in [0.2, 0.25) is 5.91 Å².